The first-order valence-corrected chi connectivity index (χ1v) is 9.72. The maximum absolute atomic E-state index is 13.1. The maximum atomic E-state index is 13.1. The fourth-order valence-electron chi connectivity index (χ4n) is 3.22. The number of benzene rings is 1. The maximum Gasteiger partial charge on any atom is 0.291 e. The molecule has 6 nitrogen and oxygen atoms in total. The standard InChI is InChI=1S/C20H20N4O2S/c1-13(2)21-19(25)12-24-20(26)17-10-18-16(8-9-27-18)23(17)11-15(22-24)14-6-4-3-5-7-14/h3-10,13H,11-12H2,1-2H3,(H,21,25). The van der Waals surface area contributed by atoms with Crippen molar-refractivity contribution in [3.05, 3.63) is 59.1 Å². The summed E-state index contributed by atoms with van der Waals surface area (Å²) >= 11 is 1.60. The van der Waals surface area contributed by atoms with Crippen LogP contribution in [0.5, 0.6) is 0 Å². The van der Waals surface area contributed by atoms with E-state index in [2.05, 4.69) is 10.4 Å². The van der Waals surface area contributed by atoms with Crippen molar-refractivity contribution < 1.29 is 9.59 Å². The van der Waals surface area contributed by atoms with E-state index in [9.17, 15) is 9.59 Å². The van der Waals surface area contributed by atoms with E-state index in [4.69, 9.17) is 0 Å². The molecule has 1 aromatic carbocycles. The van der Waals surface area contributed by atoms with E-state index < -0.39 is 0 Å². The van der Waals surface area contributed by atoms with Crippen LogP contribution in [0.15, 0.2) is 52.9 Å². The summed E-state index contributed by atoms with van der Waals surface area (Å²) in [6, 6.07) is 13.7. The van der Waals surface area contributed by atoms with Crippen LogP contribution in [0.2, 0.25) is 0 Å². The van der Waals surface area contributed by atoms with E-state index in [1.165, 1.54) is 5.01 Å². The van der Waals surface area contributed by atoms with Gasteiger partial charge in [-0.1, -0.05) is 30.3 Å². The average Bonchev–Trinajstić information content (AvgIpc) is 3.19. The van der Waals surface area contributed by atoms with Crippen molar-refractivity contribution in [3.8, 4) is 0 Å². The lowest BCUT2D eigenvalue weighted by molar-refractivity contribution is -0.122. The summed E-state index contributed by atoms with van der Waals surface area (Å²) in [5.74, 6) is -0.487. The summed E-state index contributed by atoms with van der Waals surface area (Å²) in [5, 5.41) is 10.7. The number of carbonyl (C=O) groups excluding carboxylic acids is 2. The van der Waals surface area contributed by atoms with Gasteiger partial charge in [0.1, 0.15) is 12.2 Å². The van der Waals surface area contributed by atoms with Crippen LogP contribution in [0.3, 0.4) is 0 Å². The van der Waals surface area contributed by atoms with Gasteiger partial charge in [0.05, 0.1) is 22.5 Å². The van der Waals surface area contributed by atoms with Gasteiger partial charge in [0.2, 0.25) is 5.91 Å². The third kappa shape index (κ3) is 3.38. The van der Waals surface area contributed by atoms with Crippen LogP contribution >= 0.6 is 11.3 Å². The van der Waals surface area contributed by atoms with E-state index >= 15 is 0 Å². The lowest BCUT2D eigenvalue weighted by atomic mass is 10.1. The van der Waals surface area contributed by atoms with E-state index in [-0.39, 0.29) is 24.4 Å². The molecular formula is C20H20N4O2S. The van der Waals surface area contributed by atoms with Crippen LogP contribution in [0.4, 0.5) is 0 Å². The summed E-state index contributed by atoms with van der Waals surface area (Å²) in [6.45, 7) is 4.15. The van der Waals surface area contributed by atoms with Gasteiger partial charge in [0.15, 0.2) is 0 Å². The van der Waals surface area contributed by atoms with Crippen molar-refractivity contribution in [1.29, 1.82) is 0 Å². The monoisotopic (exact) mass is 380 g/mol. The van der Waals surface area contributed by atoms with Gasteiger partial charge in [-0.15, -0.1) is 11.3 Å². The van der Waals surface area contributed by atoms with Crippen LogP contribution < -0.4 is 5.32 Å². The lowest BCUT2D eigenvalue weighted by Gasteiger charge is -2.17. The molecule has 0 bridgehead atoms. The molecule has 0 radical (unpaired) electrons. The van der Waals surface area contributed by atoms with Gasteiger partial charge in [-0.05, 0) is 36.9 Å². The molecule has 1 aliphatic heterocycles. The highest BCUT2D eigenvalue weighted by Gasteiger charge is 2.28. The number of rotatable bonds is 4. The predicted molar refractivity (Wildman–Crippen MR) is 107 cm³/mol. The van der Waals surface area contributed by atoms with Gasteiger partial charge in [0, 0.05) is 6.04 Å². The summed E-state index contributed by atoms with van der Waals surface area (Å²) < 4.78 is 3.04. The van der Waals surface area contributed by atoms with E-state index in [1.807, 2.05) is 66.3 Å². The first-order valence-electron chi connectivity index (χ1n) is 8.84. The molecule has 27 heavy (non-hydrogen) atoms. The lowest BCUT2D eigenvalue weighted by Crippen LogP contribution is -2.40. The Balaban J connectivity index is 1.78. The van der Waals surface area contributed by atoms with Crippen LogP contribution in [0, 0.1) is 0 Å². The van der Waals surface area contributed by atoms with Crippen molar-refractivity contribution in [2.45, 2.75) is 26.4 Å². The molecule has 7 heteroatoms. The molecule has 0 spiro atoms. The highest BCUT2D eigenvalue weighted by molar-refractivity contribution is 7.17. The average molecular weight is 380 g/mol. The molecule has 2 amide bonds. The molecule has 1 N–H and O–H groups in total. The molecule has 0 aliphatic carbocycles. The third-order valence-corrected chi connectivity index (χ3v) is 5.23. The van der Waals surface area contributed by atoms with Crippen LogP contribution in [-0.4, -0.2) is 39.7 Å². The molecule has 4 rings (SSSR count). The number of nitrogens with one attached hydrogen (secondary N) is 1. The minimum Gasteiger partial charge on any atom is -0.352 e. The molecule has 1 aliphatic rings. The van der Waals surface area contributed by atoms with E-state index in [0.29, 0.717) is 12.2 Å². The van der Waals surface area contributed by atoms with Crippen molar-refractivity contribution in [1.82, 2.24) is 14.9 Å². The second kappa shape index (κ2) is 7.00. The smallest absolute Gasteiger partial charge is 0.291 e. The highest BCUT2D eigenvalue weighted by atomic mass is 32.1. The van der Waals surface area contributed by atoms with Crippen LogP contribution in [0.1, 0.15) is 29.9 Å². The number of thiophene rings is 1. The minimum atomic E-state index is -0.261. The Morgan fingerprint density at radius 1 is 1.26 bits per heavy atom. The van der Waals surface area contributed by atoms with Gasteiger partial charge in [-0.25, -0.2) is 5.01 Å². The fourth-order valence-corrected chi connectivity index (χ4v) is 4.04. The first kappa shape index (κ1) is 17.5. The van der Waals surface area contributed by atoms with Crippen LogP contribution in [0.25, 0.3) is 10.2 Å². The van der Waals surface area contributed by atoms with Crippen molar-refractivity contribution >= 4 is 39.1 Å². The van der Waals surface area contributed by atoms with Gasteiger partial charge >= 0.3 is 0 Å². The third-order valence-electron chi connectivity index (χ3n) is 4.38. The predicted octanol–water partition coefficient (Wildman–Crippen LogP) is 3.09. The first-order chi connectivity index (χ1) is 13.0. The molecule has 3 heterocycles. The number of aromatic nitrogens is 1. The molecule has 0 atom stereocenters. The normalized spacial score (nSPS) is 14.3. The van der Waals surface area contributed by atoms with Gasteiger partial charge in [0.25, 0.3) is 5.91 Å². The minimum absolute atomic E-state index is 0.00588. The molecule has 0 saturated heterocycles. The van der Waals surface area contributed by atoms with Crippen molar-refractivity contribution in [2.24, 2.45) is 5.10 Å². The molecule has 0 saturated carbocycles. The van der Waals surface area contributed by atoms with Crippen molar-refractivity contribution in [3.63, 3.8) is 0 Å². The van der Waals surface area contributed by atoms with Gasteiger partial charge in [-0.3, -0.25) is 9.59 Å². The number of hydrazone groups is 1. The Bertz CT molecular complexity index is 1030. The largest absolute Gasteiger partial charge is 0.352 e. The molecule has 0 fully saturated rings. The topological polar surface area (TPSA) is 66.7 Å². The number of nitrogens with zero attached hydrogens (tertiary/aromatic N) is 3. The summed E-state index contributed by atoms with van der Waals surface area (Å²) in [6.07, 6.45) is 0. The Morgan fingerprint density at radius 2 is 2.04 bits per heavy atom. The zero-order valence-corrected chi connectivity index (χ0v) is 16.0. The zero-order valence-electron chi connectivity index (χ0n) is 15.2. The molecule has 138 valence electrons. The van der Waals surface area contributed by atoms with Crippen LogP contribution in [-0.2, 0) is 11.3 Å². The number of carbonyl (C=O) groups is 2. The summed E-state index contributed by atoms with van der Waals surface area (Å²) in [5.41, 5.74) is 3.26. The number of fused-ring (bicyclic) bond motifs is 3. The Labute approximate surface area is 161 Å². The second-order valence-corrected chi connectivity index (χ2v) is 7.73. The number of hydrogen-bond acceptors (Lipinski definition) is 4. The quantitative estimate of drug-likeness (QED) is 0.756. The Hall–Kier alpha value is -2.93. The fraction of sp³-hybridized carbons (Fsp3) is 0.250. The number of hydrogen-bond donors (Lipinski definition) is 1. The molecular weight excluding hydrogens is 360 g/mol. The highest BCUT2D eigenvalue weighted by Crippen LogP contribution is 2.28. The van der Waals surface area contributed by atoms with Gasteiger partial charge < -0.3 is 9.88 Å². The molecule has 0 unspecified atom stereocenters. The zero-order chi connectivity index (χ0) is 19.0. The summed E-state index contributed by atoms with van der Waals surface area (Å²) in [4.78, 5) is 25.4. The Kier molecular flexibility index (Phi) is 4.53. The second-order valence-electron chi connectivity index (χ2n) is 6.78. The van der Waals surface area contributed by atoms with E-state index in [1.54, 1.807) is 11.3 Å². The van der Waals surface area contributed by atoms with Gasteiger partial charge in [-0.2, -0.15) is 5.10 Å². The molecule has 2 aromatic heterocycles. The Morgan fingerprint density at radius 3 is 2.78 bits per heavy atom. The van der Waals surface area contributed by atoms with E-state index in [0.717, 1.165) is 21.5 Å². The number of amides is 2. The summed E-state index contributed by atoms with van der Waals surface area (Å²) in [7, 11) is 0. The molecule has 3 aromatic rings. The van der Waals surface area contributed by atoms with Crippen molar-refractivity contribution in [2.75, 3.05) is 6.54 Å². The SMILES string of the molecule is CC(C)NC(=O)CN1N=C(c2ccccc2)Cn2c(cc3sccc32)C1=O.